The normalized spacial score (nSPS) is 12.0. The average molecular weight is 288 g/mol. The SMILES string of the molecule is CC(C)(C)c1nc(CN(CCN)Cc2ccccc2)no1. The summed E-state index contributed by atoms with van der Waals surface area (Å²) in [6, 6.07) is 10.3. The molecule has 0 saturated carbocycles. The largest absolute Gasteiger partial charge is 0.339 e. The Morgan fingerprint density at radius 3 is 2.43 bits per heavy atom. The Hall–Kier alpha value is -1.72. The zero-order valence-electron chi connectivity index (χ0n) is 13.0. The van der Waals surface area contributed by atoms with Crippen molar-refractivity contribution in [2.24, 2.45) is 5.73 Å². The van der Waals surface area contributed by atoms with Crippen molar-refractivity contribution >= 4 is 0 Å². The molecule has 114 valence electrons. The second-order valence-electron chi connectivity index (χ2n) is 6.25. The van der Waals surface area contributed by atoms with Crippen LogP contribution < -0.4 is 5.73 Å². The van der Waals surface area contributed by atoms with Crippen molar-refractivity contribution in [2.75, 3.05) is 13.1 Å². The smallest absolute Gasteiger partial charge is 0.232 e. The Labute approximate surface area is 126 Å². The van der Waals surface area contributed by atoms with Crippen LogP contribution in [0.5, 0.6) is 0 Å². The van der Waals surface area contributed by atoms with Gasteiger partial charge < -0.3 is 10.3 Å². The fourth-order valence-electron chi connectivity index (χ4n) is 2.06. The number of hydrogen-bond donors (Lipinski definition) is 1. The summed E-state index contributed by atoms with van der Waals surface area (Å²) in [7, 11) is 0. The predicted octanol–water partition coefficient (Wildman–Crippen LogP) is 2.33. The van der Waals surface area contributed by atoms with Crippen molar-refractivity contribution < 1.29 is 4.52 Å². The molecule has 0 aliphatic heterocycles. The molecule has 0 fully saturated rings. The lowest BCUT2D eigenvalue weighted by Crippen LogP contribution is -2.29. The number of hydrogen-bond acceptors (Lipinski definition) is 5. The molecule has 0 unspecified atom stereocenters. The van der Waals surface area contributed by atoms with Crippen LogP contribution in [0.2, 0.25) is 0 Å². The molecule has 2 aromatic rings. The first-order chi connectivity index (χ1) is 9.99. The quantitative estimate of drug-likeness (QED) is 0.883. The number of rotatable bonds is 6. The molecule has 0 aliphatic rings. The molecule has 0 bridgehead atoms. The first kappa shape index (κ1) is 15.7. The van der Waals surface area contributed by atoms with Crippen LogP contribution in [-0.2, 0) is 18.5 Å². The summed E-state index contributed by atoms with van der Waals surface area (Å²) in [5.74, 6) is 1.38. The van der Waals surface area contributed by atoms with Crippen LogP contribution >= 0.6 is 0 Å². The summed E-state index contributed by atoms with van der Waals surface area (Å²) >= 11 is 0. The third-order valence-electron chi connectivity index (χ3n) is 3.17. The van der Waals surface area contributed by atoms with E-state index in [0.717, 1.165) is 13.1 Å². The van der Waals surface area contributed by atoms with Crippen LogP contribution in [-0.4, -0.2) is 28.1 Å². The molecule has 0 radical (unpaired) electrons. The van der Waals surface area contributed by atoms with Crippen LogP contribution in [0.1, 0.15) is 38.0 Å². The third-order valence-corrected chi connectivity index (χ3v) is 3.17. The first-order valence-electron chi connectivity index (χ1n) is 7.28. The number of nitrogens with two attached hydrogens (primary N) is 1. The Bertz CT molecular complexity index is 545. The van der Waals surface area contributed by atoms with Gasteiger partial charge >= 0.3 is 0 Å². The summed E-state index contributed by atoms with van der Waals surface area (Å²) in [6.45, 7) is 9.07. The number of nitrogens with zero attached hydrogens (tertiary/aromatic N) is 3. The molecular weight excluding hydrogens is 264 g/mol. The van der Waals surface area contributed by atoms with Crippen molar-refractivity contribution in [2.45, 2.75) is 39.3 Å². The Kier molecular flexibility index (Phi) is 5.09. The molecule has 2 N–H and O–H groups in total. The Morgan fingerprint density at radius 1 is 1.14 bits per heavy atom. The van der Waals surface area contributed by atoms with Gasteiger partial charge in [-0.3, -0.25) is 4.90 Å². The maximum Gasteiger partial charge on any atom is 0.232 e. The highest BCUT2D eigenvalue weighted by Crippen LogP contribution is 2.20. The van der Waals surface area contributed by atoms with E-state index in [-0.39, 0.29) is 5.41 Å². The van der Waals surface area contributed by atoms with Gasteiger partial charge in [-0.25, -0.2) is 0 Å². The lowest BCUT2D eigenvalue weighted by atomic mass is 9.97. The van der Waals surface area contributed by atoms with Crippen molar-refractivity contribution in [3.63, 3.8) is 0 Å². The summed E-state index contributed by atoms with van der Waals surface area (Å²) in [4.78, 5) is 6.71. The molecule has 21 heavy (non-hydrogen) atoms. The Balaban J connectivity index is 2.04. The minimum Gasteiger partial charge on any atom is -0.339 e. The van der Waals surface area contributed by atoms with Gasteiger partial charge in [-0.2, -0.15) is 4.98 Å². The molecule has 0 aliphatic carbocycles. The van der Waals surface area contributed by atoms with Gasteiger partial charge in [-0.05, 0) is 5.56 Å². The summed E-state index contributed by atoms with van der Waals surface area (Å²) in [6.07, 6.45) is 0. The molecule has 1 heterocycles. The van der Waals surface area contributed by atoms with Gasteiger partial charge in [-0.1, -0.05) is 56.3 Å². The fraction of sp³-hybridized carbons (Fsp3) is 0.500. The molecular formula is C16H24N4O. The van der Waals surface area contributed by atoms with E-state index in [1.54, 1.807) is 0 Å². The summed E-state index contributed by atoms with van der Waals surface area (Å²) in [5.41, 5.74) is 6.84. The van der Waals surface area contributed by atoms with Crippen molar-refractivity contribution in [1.82, 2.24) is 15.0 Å². The highest BCUT2D eigenvalue weighted by Gasteiger charge is 2.22. The van der Waals surface area contributed by atoms with Crippen LogP contribution in [0.25, 0.3) is 0 Å². The highest BCUT2D eigenvalue weighted by atomic mass is 16.5. The van der Waals surface area contributed by atoms with E-state index in [0.29, 0.717) is 24.8 Å². The average Bonchev–Trinajstić information content (AvgIpc) is 2.89. The molecule has 0 amide bonds. The van der Waals surface area contributed by atoms with Gasteiger partial charge in [0, 0.05) is 25.0 Å². The van der Waals surface area contributed by atoms with E-state index in [4.69, 9.17) is 10.3 Å². The van der Waals surface area contributed by atoms with E-state index >= 15 is 0 Å². The molecule has 2 rings (SSSR count). The minimum atomic E-state index is -0.122. The van der Waals surface area contributed by atoms with E-state index in [1.807, 2.05) is 18.2 Å². The van der Waals surface area contributed by atoms with Crippen LogP contribution in [0.4, 0.5) is 0 Å². The van der Waals surface area contributed by atoms with Crippen molar-refractivity contribution in [1.29, 1.82) is 0 Å². The molecule has 1 aromatic heterocycles. The van der Waals surface area contributed by atoms with Gasteiger partial charge in [0.15, 0.2) is 5.82 Å². The Morgan fingerprint density at radius 2 is 1.86 bits per heavy atom. The zero-order valence-corrected chi connectivity index (χ0v) is 13.0. The van der Waals surface area contributed by atoms with Gasteiger partial charge in [-0.15, -0.1) is 0 Å². The van der Waals surface area contributed by atoms with E-state index in [1.165, 1.54) is 5.56 Å². The lowest BCUT2D eigenvalue weighted by Gasteiger charge is -2.19. The van der Waals surface area contributed by atoms with Crippen LogP contribution in [0.15, 0.2) is 34.9 Å². The molecule has 0 atom stereocenters. The van der Waals surface area contributed by atoms with Gasteiger partial charge in [0.2, 0.25) is 5.89 Å². The molecule has 0 saturated heterocycles. The maximum absolute atomic E-state index is 5.71. The zero-order chi connectivity index (χ0) is 15.3. The van der Waals surface area contributed by atoms with Crippen LogP contribution in [0.3, 0.4) is 0 Å². The van der Waals surface area contributed by atoms with Crippen molar-refractivity contribution in [3.8, 4) is 0 Å². The number of aromatic nitrogens is 2. The minimum absolute atomic E-state index is 0.122. The molecule has 1 aromatic carbocycles. The highest BCUT2D eigenvalue weighted by molar-refractivity contribution is 5.14. The number of benzene rings is 1. The fourth-order valence-corrected chi connectivity index (χ4v) is 2.06. The van der Waals surface area contributed by atoms with Gasteiger partial charge in [0.05, 0.1) is 6.54 Å². The van der Waals surface area contributed by atoms with Gasteiger partial charge in [0.25, 0.3) is 0 Å². The molecule has 5 heteroatoms. The molecule has 0 spiro atoms. The van der Waals surface area contributed by atoms with Crippen molar-refractivity contribution in [3.05, 3.63) is 47.6 Å². The van der Waals surface area contributed by atoms with E-state index in [9.17, 15) is 0 Å². The summed E-state index contributed by atoms with van der Waals surface area (Å²) < 4.78 is 5.34. The molecule has 5 nitrogen and oxygen atoms in total. The maximum atomic E-state index is 5.71. The third kappa shape index (κ3) is 4.65. The van der Waals surface area contributed by atoms with Gasteiger partial charge in [0.1, 0.15) is 0 Å². The van der Waals surface area contributed by atoms with E-state index in [2.05, 4.69) is 47.9 Å². The van der Waals surface area contributed by atoms with Crippen LogP contribution in [0, 0.1) is 0 Å². The predicted molar refractivity (Wildman–Crippen MR) is 82.6 cm³/mol. The standard InChI is InChI=1S/C16H24N4O/c1-16(2,3)15-18-14(19-21-15)12-20(10-9-17)11-13-7-5-4-6-8-13/h4-8H,9-12,17H2,1-3H3. The topological polar surface area (TPSA) is 68.2 Å². The first-order valence-corrected chi connectivity index (χ1v) is 7.28. The second-order valence-corrected chi connectivity index (χ2v) is 6.25. The monoisotopic (exact) mass is 288 g/mol. The summed E-state index contributed by atoms with van der Waals surface area (Å²) in [5, 5.41) is 4.08. The lowest BCUT2D eigenvalue weighted by molar-refractivity contribution is 0.251. The second kappa shape index (κ2) is 6.83. The van der Waals surface area contributed by atoms with E-state index < -0.39 is 0 Å².